The summed E-state index contributed by atoms with van der Waals surface area (Å²) < 4.78 is 11.0. The van der Waals surface area contributed by atoms with Gasteiger partial charge in [0, 0.05) is 11.3 Å². The molecule has 0 saturated carbocycles. The van der Waals surface area contributed by atoms with Crippen LogP contribution in [0.25, 0.3) is 0 Å². The molecule has 4 atom stereocenters. The number of ether oxygens (including phenoxy) is 2. The molecular formula is C10H20O3. The first-order valence-corrected chi connectivity index (χ1v) is 4.81. The van der Waals surface area contributed by atoms with E-state index in [1.807, 2.05) is 34.6 Å². The largest absolute Gasteiger partial charge is 0.368 e. The topological polar surface area (TPSA) is 38.7 Å². The molecule has 1 aliphatic heterocycles. The molecule has 0 bridgehead atoms. The third-order valence-electron chi connectivity index (χ3n) is 2.50. The van der Waals surface area contributed by atoms with Crippen molar-refractivity contribution in [2.24, 2.45) is 11.3 Å². The Morgan fingerprint density at radius 1 is 1.08 bits per heavy atom. The lowest BCUT2D eigenvalue weighted by Crippen LogP contribution is -2.48. The summed E-state index contributed by atoms with van der Waals surface area (Å²) in [5.74, 6) is 0.0404. The zero-order chi connectivity index (χ0) is 10.2. The summed E-state index contributed by atoms with van der Waals surface area (Å²) in [6.45, 7) is 10.00. The van der Waals surface area contributed by atoms with E-state index in [0.29, 0.717) is 0 Å². The van der Waals surface area contributed by atoms with E-state index in [0.717, 1.165) is 0 Å². The molecule has 0 aromatic heterocycles. The van der Waals surface area contributed by atoms with Crippen molar-refractivity contribution in [2.75, 3.05) is 0 Å². The summed E-state index contributed by atoms with van der Waals surface area (Å²) in [4.78, 5) is 0. The van der Waals surface area contributed by atoms with Crippen molar-refractivity contribution in [2.45, 2.75) is 53.3 Å². The molecule has 0 aromatic rings. The molecule has 1 rings (SSSR count). The van der Waals surface area contributed by atoms with Gasteiger partial charge >= 0.3 is 0 Å². The van der Waals surface area contributed by atoms with Gasteiger partial charge in [0.05, 0.1) is 6.10 Å². The van der Waals surface area contributed by atoms with Crippen LogP contribution in [0.4, 0.5) is 0 Å². The zero-order valence-corrected chi connectivity index (χ0v) is 9.07. The smallest absolute Gasteiger partial charge is 0.165 e. The average molecular weight is 188 g/mol. The van der Waals surface area contributed by atoms with Gasteiger partial charge < -0.3 is 14.6 Å². The van der Waals surface area contributed by atoms with Crippen molar-refractivity contribution < 1.29 is 14.6 Å². The predicted molar refractivity (Wildman–Crippen MR) is 50.0 cm³/mol. The number of rotatable bonds is 0. The SMILES string of the molecule is C[C@H]1[C@H](O)O[C@H](C(C)(C)C)O[C@@H]1C. The van der Waals surface area contributed by atoms with Crippen LogP contribution in [0.2, 0.25) is 0 Å². The van der Waals surface area contributed by atoms with E-state index in [2.05, 4.69) is 0 Å². The fourth-order valence-electron chi connectivity index (χ4n) is 1.24. The van der Waals surface area contributed by atoms with Crippen LogP contribution < -0.4 is 0 Å². The van der Waals surface area contributed by atoms with E-state index in [4.69, 9.17) is 9.47 Å². The van der Waals surface area contributed by atoms with Crippen LogP contribution in [-0.4, -0.2) is 23.8 Å². The molecule has 13 heavy (non-hydrogen) atoms. The standard InChI is InChI=1S/C10H20O3/c1-6-7(2)12-9(10(3,4)5)13-8(6)11/h6-9,11H,1-5H3/t6-,7-,8-,9-/m1/s1. The molecular weight excluding hydrogens is 168 g/mol. The first-order chi connectivity index (χ1) is 5.82. The normalized spacial score (nSPS) is 42.0. The fourth-order valence-corrected chi connectivity index (χ4v) is 1.24. The Morgan fingerprint density at radius 2 is 1.62 bits per heavy atom. The Hall–Kier alpha value is -0.120. The highest BCUT2D eigenvalue weighted by Gasteiger charge is 2.38. The summed E-state index contributed by atoms with van der Waals surface area (Å²) in [5, 5.41) is 9.58. The Bertz CT molecular complexity index is 161. The molecule has 1 N–H and O–H groups in total. The highest BCUT2D eigenvalue weighted by atomic mass is 16.7. The number of aliphatic hydroxyl groups is 1. The first-order valence-electron chi connectivity index (χ1n) is 4.81. The molecule has 0 spiro atoms. The van der Waals surface area contributed by atoms with Crippen LogP contribution in [-0.2, 0) is 9.47 Å². The monoisotopic (exact) mass is 188 g/mol. The number of aliphatic hydroxyl groups excluding tert-OH is 1. The highest BCUT2D eigenvalue weighted by Crippen LogP contribution is 2.32. The van der Waals surface area contributed by atoms with Gasteiger partial charge in [-0.25, -0.2) is 0 Å². The van der Waals surface area contributed by atoms with E-state index in [-0.39, 0.29) is 23.7 Å². The van der Waals surface area contributed by atoms with Gasteiger partial charge in [0.1, 0.15) is 0 Å². The third kappa shape index (κ3) is 2.42. The van der Waals surface area contributed by atoms with Crippen molar-refractivity contribution in [3.8, 4) is 0 Å². The second-order valence-corrected chi connectivity index (χ2v) is 4.92. The average Bonchev–Trinajstić information content (AvgIpc) is 1.97. The van der Waals surface area contributed by atoms with Crippen LogP contribution >= 0.6 is 0 Å². The zero-order valence-electron chi connectivity index (χ0n) is 9.07. The van der Waals surface area contributed by atoms with Gasteiger partial charge in [-0.05, 0) is 6.92 Å². The highest BCUT2D eigenvalue weighted by molar-refractivity contribution is 4.76. The Kier molecular flexibility index (Phi) is 3.00. The van der Waals surface area contributed by atoms with Crippen LogP contribution in [0.5, 0.6) is 0 Å². The van der Waals surface area contributed by atoms with Gasteiger partial charge in [-0.15, -0.1) is 0 Å². The van der Waals surface area contributed by atoms with Crippen molar-refractivity contribution in [1.29, 1.82) is 0 Å². The van der Waals surface area contributed by atoms with Crippen molar-refractivity contribution in [3.05, 3.63) is 0 Å². The summed E-state index contributed by atoms with van der Waals surface area (Å²) in [7, 11) is 0. The van der Waals surface area contributed by atoms with E-state index >= 15 is 0 Å². The molecule has 0 amide bonds. The summed E-state index contributed by atoms with van der Waals surface area (Å²) >= 11 is 0. The van der Waals surface area contributed by atoms with Crippen molar-refractivity contribution >= 4 is 0 Å². The third-order valence-corrected chi connectivity index (χ3v) is 2.50. The van der Waals surface area contributed by atoms with E-state index in [9.17, 15) is 5.11 Å². The molecule has 0 radical (unpaired) electrons. The van der Waals surface area contributed by atoms with Crippen molar-refractivity contribution in [1.82, 2.24) is 0 Å². The molecule has 3 heteroatoms. The van der Waals surface area contributed by atoms with Gasteiger partial charge in [-0.2, -0.15) is 0 Å². The van der Waals surface area contributed by atoms with Gasteiger partial charge in [0.2, 0.25) is 0 Å². The van der Waals surface area contributed by atoms with Crippen molar-refractivity contribution in [3.63, 3.8) is 0 Å². The molecule has 1 aliphatic rings. The first kappa shape index (κ1) is 11.0. The van der Waals surface area contributed by atoms with E-state index in [1.165, 1.54) is 0 Å². The Balaban J connectivity index is 2.64. The molecule has 0 aliphatic carbocycles. The minimum Gasteiger partial charge on any atom is -0.368 e. The van der Waals surface area contributed by atoms with Gasteiger partial charge in [-0.3, -0.25) is 0 Å². The van der Waals surface area contributed by atoms with Crippen LogP contribution in [0, 0.1) is 11.3 Å². The quantitative estimate of drug-likeness (QED) is 0.629. The van der Waals surface area contributed by atoms with Gasteiger partial charge in [-0.1, -0.05) is 27.7 Å². The summed E-state index contributed by atoms with van der Waals surface area (Å²) in [5.41, 5.74) is -0.0879. The number of hydrogen-bond acceptors (Lipinski definition) is 3. The molecule has 0 unspecified atom stereocenters. The molecule has 3 nitrogen and oxygen atoms in total. The lowest BCUT2D eigenvalue weighted by atomic mass is 9.93. The van der Waals surface area contributed by atoms with Crippen LogP contribution in [0.3, 0.4) is 0 Å². The summed E-state index contributed by atoms with van der Waals surface area (Å²) in [6, 6.07) is 0. The second-order valence-electron chi connectivity index (χ2n) is 4.92. The number of hydrogen-bond donors (Lipinski definition) is 1. The minimum absolute atomic E-state index is 0.0404. The lowest BCUT2D eigenvalue weighted by Gasteiger charge is -2.42. The maximum atomic E-state index is 9.58. The maximum absolute atomic E-state index is 9.58. The van der Waals surface area contributed by atoms with E-state index in [1.54, 1.807) is 0 Å². The fraction of sp³-hybridized carbons (Fsp3) is 1.00. The Labute approximate surface area is 80.0 Å². The second kappa shape index (κ2) is 3.56. The predicted octanol–water partition coefficient (Wildman–Crippen LogP) is 1.75. The molecule has 1 fully saturated rings. The molecule has 0 aromatic carbocycles. The minimum atomic E-state index is -0.701. The molecule has 1 heterocycles. The lowest BCUT2D eigenvalue weighted by molar-refractivity contribution is -0.340. The van der Waals surface area contributed by atoms with E-state index < -0.39 is 6.29 Å². The van der Waals surface area contributed by atoms with Crippen LogP contribution in [0.15, 0.2) is 0 Å². The van der Waals surface area contributed by atoms with Gasteiger partial charge in [0.15, 0.2) is 12.6 Å². The van der Waals surface area contributed by atoms with Gasteiger partial charge in [0.25, 0.3) is 0 Å². The summed E-state index contributed by atoms with van der Waals surface area (Å²) in [6.07, 6.45) is -0.963. The molecule has 1 saturated heterocycles. The maximum Gasteiger partial charge on any atom is 0.165 e. The van der Waals surface area contributed by atoms with Crippen LogP contribution in [0.1, 0.15) is 34.6 Å². The molecule has 78 valence electrons. The Morgan fingerprint density at radius 3 is 2.00 bits per heavy atom.